The zero-order valence-electron chi connectivity index (χ0n) is 10.8. The Morgan fingerprint density at radius 2 is 1.94 bits per heavy atom. The van der Waals surface area contributed by atoms with Crippen LogP contribution in [0, 0.1) is 0 Å². The van der Waals surface area contributed by atoms with Gasteiger partial charge in [0, 0.05) is 37.2 Å². The van der Waals surface area contributed by atoms with Crippen LogP contribution in [0.2, 0.25) is 0 Å². The fraction of sp³-hybridized carbons (Fsp3) is 0.615. The van der Waals surface area contributed by atoms with Gasteiger partial charge in [-0.1, -0.05) is 0 Å². The normalized spacial score (nSPS) is 17.4. The fourth-order valence-electron chi connectivity index (χ4n) is 1.96. The van der Waals surface area contributed by atoms with Crippen molar-refractivity contribution in [3.05, 3.63) is 24.3 Å². The molecular formula is C13H19N3O2. The molecule has 2 heterocycles. The molecule has 1 saturated heterocycles. The van der Waals surface area contributed by atoms with E-state index in [0.29, 0.717) is 0 Å². The lowest BCUT2D eigenvalue weighted by Gasteiger charge is -2.29. The molecule has 1 fully saturated rings. The molecule has 1 N–H and O–H groups in total. The van der Waals surface area contributed by atoms with Crippen molar-refractivity contribution in [2.75, 3.05) is 13.2 Å². The number of carbonyl (C=O) groups excluding carboxylic acids is 1. The van der Waals surface area contributed by atoms with Crippen LogP contribution in [0.4, 0.5) is 0 Å². The van der Waals surface area contributed by atoms with E-state index in [1.165, 1.54) is 6.33 Å². The quantitative estimate of drug-likeness (QED) is 0.869. The second kappa shape index (κ2) is 5.44. The van der Waals surface area contributed by atoms with Crippen molar-refractivity contribution in [1.29, 1.82) is 0 Å². The highest BCUT2D eigenvalue weighted by Crippen LogP contribution is 2.22. The monoisotopic (exact) mass is 249 g/mol. The molecule has 0 aromatic carbocycles. The Kier molecular flexibility index (Phi) is 3.91. The van der Waals surface area contributed by atoms with Gasteiger partial charge in [0.15, 0.2) is 0 Å². The lowest BCUT2D eigenvalue weighted by Crippen LogP contribution is -2.47. The lowest BCUT2D eigenvalue weighted by atomic mass is 9.85. The summed E-state index contributed by atoms with van der Waals surface area (Å²) in [4.78, 5) is 20.3. The van der Waals surface area contributed by atoms with E-state index >= 15 is 0 Å². The van der Waals surface area contributed by atoms with Crippen LogP contribution in [0.25, 0.3) is 0 Å². The van der Waals surface area contributed by atoms with Gasteiger partial charge in [-0.25, -0.2) is 9.97 Å². The van der Waals surface area contributed by atoms with Gasteiger partial charge in [0.2, 0.25) is 5.91 Å². The molecular weight excluding hydrogens is 230 g/mol. The van der Waals surface area contributed by atoms with E-state index in [1.54, 1.807) is 12.4 Å². The van der Waals surface area contributed by atoms with Crippen molar-refractivity contribution in [2.24, 2.45) is 0 Å². The van der Waals surface area contributed by atoms with Crippen LogP contribution in [0.5, 0.6) is 0 Å². The predicted octanol–water partition coefficient (Wildman–Crippen LogP) is 1.05. The number of nitrogens with zero attached hydrogens (tertiary/aromatic N) is 2. The summed E-state index contributed by atoms with van der Waals surface area (Å²) in [5, 5.41) is 3.08. The molecule has 1 aliphatic heterocycles. The minimum atomic E-state index is -0.612. The van der Waals surface area contributed by atoms with Gasteiger partial charge < -0.3 is 10.1 Å². The van der Waals surface area contributed by atoms with Crippen LogP contribution in [0.15, 0.2) is 18.7 Å². The maximum atomic E-state index is 12.3. The number of ether oxygens (including phenoxy) is 1. The van der Waals surface area contributed by atoms with Gasteiger partial charge in [0.05, 0.1) is 5.41 Å². The Labute approximate surface area is 107 Å². The van der Waals surface area contributed by atoms with Gasteiger partial charge in [0.25, 0.3) is 0 Å². The van der Waals surface area contributed by atoms with Crippen molar-refractivity contribution in [2.45, 2.75) is 38.1 Å². The van der Waals surface area contributed by atoms with E-state index in [2.05, 4.69) is 15.3 Å². The van der Waals surface area contributed by atoms with Gasteiger partial charge in [-0.3, -0.25) is 4.79 Å². The number of aromatic nitrogens is 2. The standard InChI is InChI=1S/C13H19N3O2/c1-13(2,10-7-14-9-15-8-10)12(17)16-11-3-5-18-6-4-11/h7-9,11H,3-6H2,1-2H3,(H,16,17). The molecule has 5 heteroatoms. The summed E-state index contributed by atoms with van der Waals surface area (Å²) in [6.07, 6.45) is 6.61. The largest absolute Gasteiger partial charge is 0.381 e. The summed E-state index contributed by atoms with van der Waals surface area (Å²) >= 11 is 0. The second-order valence-electron chi connectivity index (χ2n) is 5.11. The lowest BCUT2D eigenvalue weighted by molar-refractivity contribution is -0.127. The molecule has 1 aromatic rings. The minimum absolute atomic E-state index is 0.0178. The number of hydrogen-bond acceptors (Lipinski definition) is 4. The molecule has 0 unspecified atom stereocenters. The third-order valence-electron chi connectivity index (χ3n) is 3.41. The van der Waals surface area contributed by atoms with Gasteiger partial charge in [0.1, 0.15) is 6.33 Å². The number of nitrogens with one attached hydrogen (secondary N) is 1. The Bertz CT molecular complexity index is 400. The third-order valence-corrected chi connectivity index (χ3v) is 3.41. The van der Waals surface area contributed by atoms with Crippen LogP contribution in [-0.2, 0) is 14.9 Å². The van der Waals surface area contributed by atoms with Crippen LogP contribution in [-0.4, -0.2) is 35.1 Å². The average Bonchev–Trinajstić information content (AvgIpc) is 2.41. The van der Waals surface area contributed by atoms with Crippen LogP contribution in [0.3, 0.4) is 0 Å². The summed E-state index contributed by atoms with van der Waals surface area (Å²) in [6, 6.07) is 0.218. The molecule has 98 valence electrons. The van der Waals surface area contributed by atoms with E-state index < -0.39 is 5.41 Å². The molecule has 1 aliphatic rings. The molecule has 0 radical (unpaired) electrons. The second-order valence-corrected chi connectivity index (χ2v) is 5.11. The maximum absolute atomic E-state index is 12.3. The number of carbonyl (C=O) groups is 1. The predicted molar refractivity (Wildman–Crippen MR) is 67.0 cm³/mol. The zero-order valence-corrected chi connectivity index (χ0v) is 10.8. The van der Waals surface area contributed by atoms with Crippen molar-refractivity contribution < 1.29 is 9.53 Å². The Morgan fingerprint density at radius 3 is 2.56 bits per heavy atom. The van der Waals surface area contributed by atoms with Gasteiger partial charge >= 0.3 is 0 Å². The van der Waals surface area contributed by atoms with Gasteiger partial charge in [-0.05, 0) is 26.7 Å². The third kappa shape index (κ3) is 2.85. The molecule has 0 saturated carbocycles. The fourth-order valence-corrected chi connectivity index (χ4v) is 1.96. The first-order chi connectivity index (χ1) is 8.60. The summed E-state index contributed by atoms with van der Waals surface area (Å²) in [7, 11) is 0. The highest BCUT2D eigenvalue weighted by Gasteiger charge is 2.32. The van der Waals surface area contributed by atoms with E-state index in [4.69, 9.17) is 4.74 Å². The van der Waals surface area contributed by atoms with Crippen LogP contribution in [0.1, 0.15) is 32.3 Å². The Morgan fingerprint density at radius 1 is 1.33 bits per heavy atom. The number of rotatable bonds is 3. The van der Waals surface area contributed by atoms with Gasteiger partial charge in [-0.15, -0.1) is 0 Å². The molecule has 0 aliphatic carbocycles. The smallest absolute Gasteiger partial charge is 0.230 e. The van der Waals surface area contributed by atoms with Crippen molar-refractivity contribution >= 4 is 5.91 Å². The molecule has 0 spiro atoms. The highest BCUT2D eigenvalue weighted by molar-refractivity contribution is 5.87. The first-order valence-corrected chi connectivity index (χ1v) is 6.25. The minimum Gasteiger partial charge on any atom is -0.381 e. The van der Waals surface area contributed by atoms with E-state index in [-0.39, 0.29) is 11.9 Å². The Balaban J connectivity index is 2.03. The van der Waals surface area contributed by atoms with Crippen LogP contribution >= 0.6 is 0 Å². The zero-order chi connectivity index (χ0) is 13.0. The Hall–Kier alpha value is -1.49. The molecule has 0 bridgehead atoms. The van der Waals surface area contributed by atoms with E-state index in [0.717, 1.165) is 31.6 Å². The molecule has 2 rings (SSSR count). The van der Waals surface area contributed by atoms with Crippen molar-refractivity contribution in [3.8, 4) is 0 Å². The summed E-state index contributed by atoms with van der Waals surface area (Å²) < 4.78 is 5.28. The average molecular weight is 249 g/mol. The summed E-state index contributed by atoms with van der Waals surface area (Å²) in [5.74, 6) is 0.0178. The SMILES string of the molecule is CC(C)(C(=O)NC1CCOCC1)c1cncnc1. The molecule has 1 aromatic heterocycles. The first-order valence-electron chi connectivity index (χ1n) is 6.25. The molecule has 18 heavy (non-hydrogen) atoms. The summed E-state index contributed by atoms with van der Waals surface area (Å²) in [5.41, 5.74) is 0.217. The van der Waals surface area contributed by atoms with Crippen molar-refractivity contribution in [1.82, 2.24) is 15.3 Å². The summed E-state index contributed by atoms with van der Waals surface area (Å²) in [6.45, 7) is 5.22. The van der Waals surface area contributed by atoms with E-state index in [9.17, 15) is 4.79 Å². The van der Waals surface area contributed by atoms with Gasteiger partial charge in [-0.2, -0.15) is 0 Å². The highest BCUT2D eigenvalue weighted by atomic mass is 16.5. The van der Waals surface area contributed by atoms with Crippen molar-refractivity contribution in [3.63, 3.8) is 0 Å². The number of hydrogen-bond donors (Lipinski definition) is 1. The van der Waals surface area contributed by atoms with E-state index in [1.807, 2.05) is 13.8 Å². The maximum Gasteiger partial charge on any atom is 0.230 e. The molecule has 5 nitrogen and oxygen atoms in total. The molecule has 1 amide bonds. The number of amides is 1. The molecule has 0 atom stereocenters. The van der Waals surface area contributed by atoms with Crippen LogP contribution < -0.4 is 5.32 Å². The topological polar surface area (TPSA) is 64.1 Å². The first kappa shape index (κ1) is 13.0.